The Kier molecular flexibility index (Phi) is 50.5. The molecule has 514 valence electrons. The van der Waals surface area contributed by atoms with Crippen LogP contribution >= 0.6 is 0 Å². The van der Waals surface area contributed by atoms with Crippen LogP contribution < -0.4 is 10.4 Å². The van der Waals surface area contributed by atoms with Gasteiger partial charge in [-0.15, -0.1) is 0 Å². The molecule has 1 unspecified atom stereocenters. The zero-order valence-electron chi connectivity index (χ0n) is 57.7. The Morgan fingerprint density at radius 1 is 0.682 bits per heavy atom. The number of carbonyl (C=O) groups excluding carboxylic acids is 3. The number of carboxylic acid groups (broad SMARTS) is 1. The molecule has 3 N–H and O–H groups in total. The van der Waals surface area contributed by atoms with Crippen LogP contribution in [0.4, 0.5) is 4.79 Å². The predicted molar refractivity (Wildman–Crippen MR) is 356 cm³/mol. The lowest BCUT2D eigenvalue weighted by molar-refractivity contribution is -0.929. The number of aromatic carboxylic acids is 1. The van der Waals surface area contributed by atoms with Crippen molar-refractivity contribution in [3.8, 4) is 0 Å². The molecule has 0 spiro atoms. The summed E-state index contributed by atoms with van der Waals surface area (Å²) >= 11 is 0. The summed E-state index contributed by atoms with van der Waals surface area (Å²) in [5.41, 5.74) is -0.216. The maximum atomic E-state index is 12.1. The van der Waals surface area contributed by atoms with Gasteiger partial charge in [0.15, 0.2) is 5.96 Å². The number of hydrogen-bond donors (Lipinski definition) is 3. The number of ether oxygens (including phenoxy) is 6. The van der Waals surface area contributed by atoms with E-state index in [9.17, 15) is 19.5 Å². The zero-order valence-corrected chi connectivity index (χ0v) is 57.7. The van der Waals surface area contributed by atoms with Crippen LogP contribution in [-0.4, -0.2) is 216 Å². The second-order valence-corrected chi connectivity index (χ2v) is 25.0. The van der Waals surface area contributed by atoms with Gasteiger partial charge in [0.25, 0.3) is 0 Å². The number of morpholine rings is 1. The minimum Gasteiger partial charge on any atom is -0.545 e. The average Bonchev–Trinajstić information content (AvgIpc) is 3.73. The van der Waals surface area contributed by atoms with Gasteiger partial charge in [0.2, 0.25) is 0 Å². The lowest BCUT2D eigenvalue weighted by Gasteiger charge is -2.39. The molecule has 2 heterocycles. The number of aliphatic hydroxyl groups excluding tert-OH is 2. The molecule has 1 atom stereocenters. The minimum atomic E-state index is -1.13. The highest BCUT2D eigenvalue weighted by Crippen LogP contribution is 2.24. The topological polar surface area (TPSA) is 204 Å². The predicted octanol–water partition coefficient (Wildman–Crippen LogP) is 11.5. The van der Waals surface area contributed by atoms with E-state index in [1.54, 1.807) is 30.2 Å². The molecule has 2 saturated heterocycles. The molecule has 18 nitrogen and oxygen atoms in total. The normalized spacial score (nSPS) is 16.6. The van der Waals surface area contributed by atoms with Gasteiger partial charge >= 0.3 is 12.1 Å². The Bertz CT molecular complexity index is 1770. The van der Waals surface area contributed by atoms with E-state index in [0.29, 0.717) is 64.4 Å². The van der Waals surface area contributed by atoms with Crippen LogP contribution in [0.5, 0.6) is 0 Å². The number of aliphatic imine (C=N–C) groups is 1. The van der Waals surface area contributed by atoms with E-state index in [4.69, 9.17) is 43.6 Å². The second kappa shape index (κ2) is 54.0. The summed E-state index contributed by atoms with van der Waals surface area (Å²) in [4.78, 5) is 45.9. The molecule has 4 aliphatic rings. The highest BCUT2D eigenvalue weighted by molar-refractivity contribution is 5.85. The number of nitrogens with one attached hydrogen (secondary N) is 1. The molecule has 2 aliphatic heterocycles. The molecule has 1 aromatic rings. The number of methoxy groups -OCH3 is 1. The van der Waals surface area contributed by atoms with E-state index < -0.39 is 11.6 Å². The van der Waals surface area contributed by atoms with E-state index in [1.165, 1.54) is 164 Å². The molecular weight excluding hydrogens is 1120 g/mol. The van der Waals surface area contributed by atoms with Crippen molar-refractivity contribution in [3.63, 3.8) is 0 Å². The van der Waals surface area contributed by atoms with E-state index in [1.807, 2.05) is 27.7 Å². The molecule has 2 aliphatic carbocycles. The molecule has 1 aromatic carbocycles. The number of aliphatic hydroxyl groups is 2. The van der Waals surface area contributed by atoms with Crippen molar-refractivity contribution in [2.24, 2.45) is 10.9 Å². The molecule has 0 aromatic heterocycles. The van der Waals surface area contributed by atoms with Crippen molar-refractivity contribution in [2.45, 2.75) is 247 Å². The van der Waals surface area contributed by atoms with Gasteiger partial charge in [-0.05, 0) is 96.5 Å². The molecule has 0 bridgehead atoms. The molecule has 2 saturated carbocycles. The number of unbranched alkanes of at least 4 members (excludes halogenated alkanes) is 4. The Hall–Kier alpha value is -3.62. The Balaban J connectivity index is 0.000000563. The van der Waals surface area contributed by atoms with Gasteiger partial charge in [0.1, 0.15) is 11.7 Å². The monoisotopic (exact) mass is 1250 g/mol. The van der Waals surface area contributed by atoms with E-state index in [-0.39, 0.29) is 42.9 Å². The van der Waals surface area contributed by atoms with Crippen molar-refractivity contribution in [3.05, 3.63) is 35.9 Å². The number of rotatable bonds is 36. The van der Waals surface area contributed by atoms with Crippen molar-refractivity contribution in [1.29, 1.82) is 0 Å². The summed E-state index contributed by atoms with van der Waals surface area (Å²) in [7, 11) is 1.69. The van der Waals surface area contributed by atoms with Gasteiger partial charge in [-0.2, -0.15) is 0 Å². The summed E-state index contributed by atoms with van der Waals surface area (Å²) < 4.78 is 33.6. The van der Waals surface area contributed by atoms with Crippen LogP contribution in [0.2, 0.25) is 0 Å². The SMILES string of the molecule is C1CCC(N=C(NC2CCCCC2)N2CCOCC2)CC1.CCCC(CC)C(=O)OC1CCN(C(=O)OC(C)(C)CC)CC1.CCCC[N+](CCCC)(CCCC)CCCC.COCCCN(CCOCCO)CCOCCO.O=C([O-])c1ccccc1. The lowest BCUT2D eigenvalue weighted by Crippen LogP contribution is -2.51. The average molecular weight is 1250 g/mol. The number of esters is 1. The number of nitrogens with zero attached hydrogens (tertiary/aromatic N) is 5. The smallest absolute Gasteiger partial charge is 0.410 e. The van der Waals surface area contributed by atoms with Crippen LogP contribution in [-0.2, 0) is 33.2 Å². The first-order valence-electron chi connectivity index (χ1n) is 35.2. The number of hydrogen-bond acceptors (Lipinski definition) is 14. The van der Waals surface area contributed by atoms with Gasteiger partial charge in [-0.3, -0.25) is 9.69 Å². The highest BCUT2D eigenvalue weighted by atomic mass is 16.6. The van der Waals surface area contributed by atoms with Gasteiger partial charge in [0.05, 0.1) is 97.0 Å². The Labute approximate surface area is 536 Å². The zero-order chi connectivity index (χ0) is 64.9. The lowest BCUT2D eigenvalue weighted by atomic mass is 9.95. The number of likely N-dealkylation sites (tertiary alicyclic amines) is 1. The molecule has 0 radical (unpaired) electrons. The maximum absolute atomic E-state index is 12.1. The molecule has 88 heavy (non-hydrogen) atoms. The van der Waals surface area contributed by atoms with Crippen LogP contribution in [0.15, 0.2) is 35.3 Å². The fourth-order valence-electron chi connectivity index (χ4n) is 11.1. The van der Waals surface area contributed by atoms with Gasteiger partial charge in [0, 0.05) is 78.4 Å². The van der Waals surface area contributed by atoms with Crippen molar-refractivity contribution in [1.82, 2.24) is 20.0 Å². The number of guanidine groups is 1. The van der Waals surface area contributed by atoms with Crippen molar-refractivity contribution in [2.75, 3.05) is 139 Å². The fraction of sp³-hybridized carbons (Fsp3) is 0.857. The largest absolute Gasteiger partial charge is 0.545 e. The summed E-state index contributed by atoms with van der Waals surface area (Å²) in [6.45, 7) is 35.2. The van der Waals surface area contributed by atoms with Crippen molar-refractivity contribution < 1.29 is 62.6 Å². The first-order chi connectivity index (χ1) is 42.6. The Morgan fingerprint density at radius 3 is 1.65 bits per heavy atom. The molecule has 4 fully saturated rings. The first-order valence-corrected chi connectivity index (χ1v) is 35.2. The third-order valence-electron chi connectivity index (χ3n) is 17.1. The Morgan fingerprint density at radius 2 is 1.20 bits per heavy atom. The fourth-order valence-corrected chi connectivity index (χ4v) is 11.1. The third kappa shape index (κ3) is 40.3. The van der Waals surface area contributed by atoms with Gasteiger partial charge in [-0.25, -0.2) is 9.79 Å². The number of benzene rings is 1. The second-order valence-electron chi connectivity index (χ2n) is 25.0. The number of amides is 1. The first kappa shape index (κ1) is 82.4. The van der Waals surface area contributed by atoms with Crippen LogP contribution in [0.3, 0.4) is 0 Å². The molecule has 1 amide bonds. The summed E-state index contributed by atoms with van der Waals surface area (Å²) in [6.07, 6.45) is 30.0. The van der Waals surface area contributed by atoms with E-state index in [0.717, 1.165) is 84.6 Å². The van der Waals surface area contributed by atoms with Crippen LogP contribution in [0, 0.1) is 5.92 Å². The molecule has 5 rings (SSSR count). The van der Waals surface area contributed by atoms with E-state index >= 15 is 0 Å². The third-order valence-corrected chi connectivity index (χ3v) is 17.1. The summed E-state index contributed by atoms with van der Waals surface area (Å²) in [5.74, 6) is -0.0245. The quantitative estimate of drug-likeness (QED) is 0.0188. The molecule has 18 heteroatoms. The number of carboxylic acids is 1. The summed E-state index contributed by atoms with van der Waals surface area (Å²) in [6, 6.07) is 9.25. The van der Waals surface area contributed by atoms with Gasteiger partial charge < -0.3 is 68.1 Å². The maximum Gasteiger partial charge on any atom is 0.410 e. The van der Waals surface area contributed by atoms with Crippen LogP contribution in [0.1, 0.15) is 233 Å². The number of piperidine rings is 1. The van der Waals surface area contributed by atoms with E-state index in [2.05, 4.69) is 49.7 Å². The molecular formula is C70H132N6O12. The van der Waals surface area contributed by atoms with Crippen LogP contribution in [0.25, 0.3) is 0 Å². The standard InChI is InChI=1S/C18H33NO4.C17H31N3O.C16H36N.C12H27NO5.C7H6O2/c1-6-9-14(7-2)16(20)22-15-10-12-19(13-11-15)17(21)23-18(4,5)8-3;1-3-7-15(8-4-1)18-17(20-11-13-21-14-12-20)19-16-9-5-2-6-10-16;1-5-9-13-17(14-10-6-2,15-11-7-3)16-12-8-4;1-16-8-2-3-13(4-9-17-11-6-14)5-10-18-12-7-15;8-7(9)6-4-2-1-3-5-6/h14-15H,6-13H2,1-5H3;15-16H,1-14H2,(H,18,19);5-16H2,1-4H3;14-15H,2-12H2,1H3;1-5H,(H,8,9)/q;;+1;;/p-1. The highest BCUT2D eigenvalue weighted by Gasteiger charge is 2.31. The minimum absolute atomic E-state index is 0.00773. The summed E-state index contributed by atoms with van der Waals surface area (Å²) in [5, 5.41) is 31.1. The van der Waals surface area contributed by atoms with Gasteiger partial charge in [-0.1, -0.05) is 149 Å². The number of carbonyl (C=O) groups is 3. The van der Waals surface area contributed by atoms with Crippen molar-refractivity contribution >= 4 is 24.0 Å². The number of quaternary nitrogens is 1.